The van der Waals surface area contributed by atoms with Crippen molar-refractivity contribution in [2.24, 2.45) is 0 Å². The summed E-state index contributed by atoms with van der Waals surface area (Å²) in [5, 5.41) is 58.6. The Balaban J connectivity index is -0.000000283. The molecule has 2 heterocycles. The van der Waals surface area contributed by atoms with Gasteiger partial charge in [-0.15, -0.1) is 12.4 Å². The molecule has 7 aliphatic rings. The molecule has 2 saturated heterocycles. The number of carboxylic acid groups (broad SMARTS) is 1. The number of piperidine rings is 1. The van der Waals surface area contributed by atoms with Gasteiger partial charge in [-0.1, -0.05) is 218 Å². The Morgan fingerprint density at radius 1 is 0.453 bits per heavy atom. The van der Waals surface area contributed by atoms with Crippen LogP contribution in [0.2, 0.25) is 0 Å². The fourth-order valence-corrected chi connectivity index (χ4v) is 15.8. The van der Waals surface area contributed by atoms with E-state index < -0.39 is 26.4 Å². The molecule has 9 aromatic rings. The van der Waals surface area contributed by atoms with Gasteiger partial charge in [0.25, 0.3) is 0 Å². The monoisotopic (exact) mass is 2120 g/mol. The normalized spacial score (nSPS) is 18.9. The minimum absolute atomic E-state index is 0. The van der Waals surface area contributed by atoms with E-state index in [2.05, 4.69) is 144 Å². The maximum atomic E-state index is 13.6. The van der Waals surface area contributed by atoms with Crippen molar-refractivity contribution < 1.29 is 182 Å². The number of benzene rings is 9. The molecule has 137 heavy (non-hydrogen) atoms. The van der Waals surface area contributed by atoms with Crippen LogP contribution in [0.5, 0.6) is 34.5 Å². The summed E-state index contributed by atoms with van der Waals surface area (Å²) in [7, 11) is -3.77. The molecule has 0 amide bonds. The predicted molar refractivity (Wildman–Crippen MR) is 574 cm³/mol. The third-order valence-electron chi connectivity index (χ3n) is 23.1. The van der Waals surface area contributed by atoms with E-state index in [1.807, 2.05) is 129 Å². The van der Waals surface area contributed by atoms with Gasteiger partial charge in [-0.2, -0.15) is 81.0 Å². The molecule has 0 bridgehead atoms. The van der Waals surface area contributed by atoms with E-state index in [0.29, 0.717) is 57.7 Å². The van der Waals surface area contributed by atoms with Crippen LogP contribution in [0.15, 0.2) is 259 Å². The van der Waals surface area contributed by atoms with E-state index in [1.54, 1.807) is 48.5 Å². The fourth-order valence-electron chi connectivity index (χ4n) is 15.5. The number of carbonyl (C=O) groups excluding carboxylic acids is 1. The Hall–Kier alpha value is -3.84. The summed E-state index contributed by atoms with van der Waals surface area (Å²) in [6, 6.07) is 76.1. The molecule has 8 atom stereocenters. The number of carbonyl (C=O) groups is 1. The number of nitrogens with one attached hydrogen (secondary N) is 1. The number of hydrogen-bond donors (Lipinski definition) is 6. The van der Waals surface area contributed by atoms with E-state index in [9.17, 15) is 31.9 Å². The van der Waals surface area contributed by atoms with Crippen LogP contribution in [0.1, 0.15) is 247 Å². The molecule has 743 valence electrons. The van der Waals surface area contributed by atoms with Crippen molar-refractivity contribution >= 4 is 144 Å². The number of aromatic hydroxyl groups is 3. The molecular weight excluding hydrogens is 1980 g/mol. The molecular formula is C103H145B3BrClF5NNa3O14S6. The molecule has 0 aromatic heterocycles. The van der Waals surface area contributed by atoms with Gasteiger partial charge in [0.15, 0.2) is 0 Å². The van der Waals surface area contributed by atoms with E-state index in [4.69, 9.17) is 48.7 Å². The molecule has 16 rings (SSSR count). The zero-order valence-electron chi connectivity index (χ0n) is 83.0. The van der Waals surface area contributed by atoms with Gasteiger partial charge in [0.2, 0.25) is 0 Å². The number of phenolic OH excluding ortho intramolecular Hbond substituents is 3. The SMILES string of the molecule is Brc1ccc(OCc2ccccc2)cc1.C1=C(c2ccc(OCc3ccccc3)cc2)CCCC1.CC1(C)OB(C2=CCCCC2)OC1(C)C.CCOOCC.Cl.FB(F)F.O=C[O-].O[C@@H]1CCCC[C@H]1c1ccc(OCc2ccccc2)cc1.Oc1ccc([C@@H]2CCCC[C@H]2F)cc1.Oc1ccc([C@@H]2CCCC[C@H]2O)cc1.Oc1ccc([C@@H]2CCNC[C@H]2F)cc1.S.S.S.S.S.S.[B].[H-].[H-].[Na+].[Na+].[Na+]. The summed E-state index contributed by atoms with van der Waals surface area (Å²) in [4.78, 5) is 17.2. The zero-order chi connectivity index (χ0) is 90.7. The Morgan fingerprint density at radius 3 is 1.09 bits per heavy atom. The van der Waals surface area contributed by atoms with Gasteiger partial charge in [0.05, 0.1) is 36.6 Å². The number of aliphatic hydroxyl groups excluding tert-OH is 2. The van der Waals surface area contributed by atoms with Crippen molar-refractivity contribution in [1.29, 1.82) is 0 Å². The first-order chi connectivity index (χ1) is 60.9. The Labute approximate surface area is 941 Å². The topological polar surface area (TPSA) is 218 Å². The Morgan fingerprint density at radius 2 is 0.766 bits per heavy atom. The van der Waals surface area contributed by atoms with Crippen molar-refractivity contribution in [2.45, 2.75) is 256 Å². The molecule has 6 N–H and O–H groups in total. The van der Waals surface area contributed by atoms with Crippen LogP contribution >= 0.6 is 109 Å². The zero-order valence-corrected chi connectivity index (χ0v) is 95.4. The van der Waals surface area contributed by atoms with Crippen LogP contribution in [-0.4, -0.2) is 117 Å². The average molecular weight is 2130 g/mol. The molecule has 0 unspecified atom stereocenters. The number of aliphatic hydroxyl groups is 2. The van der Waals surface area contributed by atoms with Crippen LogP contribution < -0.4 is 113 Å². The largest absolute Gasteiger partial charge is 1.00 e. The van der Waals surface area contributed by atoms with Gasteiger partial charge in [-0.3, -0.25) is 12.9 Å². The van der Waals surface area contributed by atoms with Gasteiger partial charge in [-0.25, -0.2) is 18.6 Å². The van der Waals surface area contributed by atoms with Gasteiger partial charge < -0.3 is 67.1 Å². The van der Waals surface area contributed by atoms with E-state index in [-0.39, 0.29) is 253 Å². The Kier molecular flexibility index (Phi) is 84.1. The summed E-state index contributed by atoms with van der Waals surface area (Å²) in [6.45, 7) is 16.1. The molecule has 34 heteroatoms. The minimum Gasteiger partial charge on any atom is -1.00 e. The third-order valence-corrected chi connectivity index (χ3v) is 23.6. The summed E-state index contributed by atoms with van der Waals surface area (Å²) >= 11 is 3.39. The molecule has 5 aliphatic carbocycles. The molecule has 2 aliphatic heterocycles. The first kappa shape index (κ1) is 142. The fraction of sp³-hybridized carbons (Fsp3) is 0.427. The summed E-state index contributed by atoms with van der Waals surface area (Å²) in [6.07, 6.45) is 26.0. The first-order valence-electron chi connectivity index (χ1n) is 44.5. The van der Waals surface area contributed by atoms with Crippen molar-refractivity contribution in [3.05, 3.63) is 303 Å². The van der Waals surface area contributed by atoms with Gasteiger partial charge in [0, 0.05) is 49.6 Å². The molecule has 15 nitrogen and oxygen atoms in total. The van der Waals surface area contributed by atoms with Crippen molar-refractivity contribution in [3.8, 4) is 34.5 Å². The maximum absolute atomic E-state index is 13.6. The third kappa shape index (κ3) is 55.3. The van der Waals surface area contributed by atoms with Crippen LogP contribution in [-0.2, 0) is 43.7 Å². The van der Waals surface area contributed by atoms with Crippen molar-refractivity contribution in [1.82, 2.24) is 5.32 Å². The van der Waals surface area contributed by atoms with E-state index in [1.165, 1.54) is 96.7 Å². The van der Waals surface area contributed by atoms with Gasteiger partial charge in [0.1, 0.15) is 66.7 Å². The number of halogens is 7. The standard InChI is InChI=1S/C19H22O2.C19H20O.C13H11BrO.C12H21BO2.C12H15FO.C12H16O2.C11H14FNO.C4H10O2.CH2O2.BF3.B.ClH.3Na.6H2S.2H/c20-19-9-5-4-8-18(19)16-10-12-17(13-11-16)21-14-15-6-2-1-3-7-15;1-3-7-16(8-4-1)15-20-19-13-11-18(12-14-19)17-9-5-2-6-10-17;14-12-6-8-13(9-7-12)15-10-11-4-2-1-3-5-11;1-11(2)12(3,4)15-13(14-11)10-8-6-5-7-9-10;13-12-4-2-1-3-11(12)9-5-7-10(14)8-6-9;13-10-7-5-9(6-8-10)11-3-1-2-4-12(11)14;12-11-7-13-6-5-10(11)8-1-3-9(14)4-2-8;1-3-5-6-4-2;2-1-3;2-1(3)4;;;;;;;;;;;;;/h1-3,6-7,10-13,18-20H,4-5,8-9,14H2;1,3-4,7-9,11-14H,2,5-6,10,15H2;1-9H,10H2;8H,5-7,9H2,1-4H3;5-8,11-12,14H,1-4H2;5-8,11-14H,1-4H2;1-4,10-11,13-14H,5-7H2;3-4H2,1-2H3;1H,(H,2,3);;;1H;;;;6*1H2;;/q;;;;;;;;;;;;3*+1;;;;;;;2*-1/p-1/t18-,19+;;;;2*11-,12+;10-,11+;;;;;;;;;;;;;;;;/m0...000................/s1. The van der Waals surface area contributed by atoms with Crippen molar-refractivity contribution in [2.75, 3.05) is 26.3 Å². The number of alkyl halides is 2. The summed E-state index contributed by atoms with van der Waals surface area (Å²) in [5.74, 6) is 4.08. The second-order valence-corrected chi connectivity index (χ2v) is 33.7. The molecule has 5 fully saturated rings. The van der Waals surface area contributed by atoms with Crippen LogP contribution in [0, 0.1) is 0 Å². The number of ether oxygens (including phenoxy) is 3. The van der Waals surface area contributed by atoms with E-state index >= 15 is 0 Å². The quantitative estimate of drug-likeness (QED) is 0.0118. The second-order valence-electron chi connectivity index (χ2n) is 32.8. The number of hydrogen-bond acceptors (Lipinski definition) is 15. The average Bonchev–Trinajstić information content (AvgIpc) is 1.62. The summed E-state index contributed by atoms with van der Waals surface area (Å²) < 4.78 is 86.4. The predicted octanol–water partition coefficient (Wildman–Crippen LogP) is 16.4. The first-order valence-corrected chi connectivity index (χ1v) is 45.3. The van der Waals surface area contributed by atoms with Crippen LogP contribution in [0.25, 0.3) is 5.57 Å². The number of allylic oxidation sites excluding steroid dienone is 4. The van der Waals surface area contributed by atoms with Gasteiger partial charge in [-0.05, 0) is 285 Å². The number of rotatable bonds is 18. The second kappa shape index (κ2) is 81.4. The maximum Gasteiger partial charge on any atom is 1.00 e. The smallest absolute Gasteiger partial charge is 1.00 e. The van der Waals surface area contributed by atoms with E-state index in [0.717, 1.165) is 116 Å². The molecule has 3 radical (unpaired) electrons. The van der Waals surface area contributed by atoms with Crippen molar-refractivity contribution in [3.63, 3.8) is 0 Å². The van der Waals surface area contributed by atoms with Gasteiger partial charge >= 0.3 is 103 Å². The summed E-state index contributed by atoms with van der Waals surface area (Å²) in [5.41, 5.74) is 11.7. The molecule has 3 saturated carbocycles. The molecule has 9 aromatic carbocycles. The minimum atomic E-state index is -3.67. The van der Waals surface area contributed by atoms with Crippen LogP contribution in [0.4, 0.5) is 21.7 Å². The number of phenols is 3. The van der Waals surface area contributed by atoms with Crippen LogP contribution in [0.3, 0.4) is 0 Å². The molecule has 0 spiro atoms. The Bertz CT molecular complexity index is 4350.